The minimum atomic E-state index is 0.725. The number of rotatable bonds is 2. The number of hydrogen-bond acceptors (Lipinski definition) is 2. The van der Waals surface area contributed by atoms with Crippen molar-refractivity contribution >= 4 is 17.3 Å². The summed E-state index contributed by atoms with van der Waals surface area (Å²) in [7, 11) is 0. The van der Waals surface area contributed by atoms with E-state index in [0.29, 0.717) is 0 Å². The summed E-state index contributed by atoms with van der Waals surface area (Å²) >= 11 is 6.16. The van der Waals surface area contributed by atoms with Gasteiger partial charge in [-0.05, 0) is 31.0 Å². The Morgan fingerprint density at radius 3 is 2.88 bits per heavy atom. The topological polar surface area (TPSA) is 29.3 Å². The van der Waals surface area contributed by atoms with Gasteiger partial charge in [0.2, 0.25) is 0 Å². The van der Waals surface area contributed by atoms with Gasteiger partial charge in [0.05, 0.1) is 0 Å². The van der Waals surface area contributed by atoms with Gasteiger partial charge in [-0.2, -0.15) is 0 Å². The number of nitrogen functional groups attached to an aromatic ring is 1. The molecule has 1 aromatic carbocycles. The molecule has 0 aromatic heterocycles. The molecule has 0 saturated carbocycles. The molecule has 0 atom stereocenters. The highest BCUT2D eigenvalue weighted by molar-refractivity contribution is 6.31. The van der Waals surface area contributed by atoms with Gasteiger partial charge in [0.15, 0.2) is 0 Å². The van der Waals surface area contributed by atoms with Crippen LogP contribution in [0.1, 0.15) is 18.9 Å². The molecule has 2 nitrogen and oxygen atoms in total. The quantitative estimate of drug-likeness (QED) is 0.632. The van der Waals surface area contributed by atoms with E-state index in [4.69, 9.17) is 17.3 Å². The van der Waals surface area contributed by atoms with Crippen LogP contribution in [0.5, 0.6) is 0 Å². The van der Waals surface area contributed by atoms with E-state index in [2.05, 4.69) is 17.9 Å². The fourth-order valence-electron chi connectivity index (χ4n) is 1.89. The lowest BCUT2D eigenvalue weighted by atomic mass is 10.1. The molecule has 1 aliphatic rings. The Labute approximate surface area is 102 Å². The number of halogens is 1. The Kier molecular flexibility index (Phi) is 3.52. The zero-order chi connectivity index (χ0) is 11.5. The van der Waals surface area contributed by atoms with Gasteiger partial charge >= 0.3 is 0 Å². The fraction of sp³-hybridized carbons (Fsp3) is 0.385. The normalized spacial score (nSPS) is 17.2. The van der Waals surface area contributed by atoms with E-state index < -0.39 is 0 Å². The Morgan fingerprint density at radius 1 is 1.44 bits per heavy atom. The van der Waals surface area contributed by atoms with Crippen LogP contribution in [0, 0.1) is 0 Å². The van der Waals surface area contributed by atoms with Crippen LogP contribution < -0.4 is 5.73 Å². The van der Waals surface area contributed by atoms with E-state index in [1.54, 1.807) is 0 Å². The molecule has 0 saturated heterocycles. The van der Waals surface area contributed by atoms with Crippen LogP contribution in [-0.4, -0.2) is 18.0 Å². The molecule has 0 unspecified atom stereocenters. The highest BCUT2D eigenvalue weighted by atomic mass is 35.5. The van der Waals surface area contributed by atoms with Crippen LogP contribution in [0.3, 0.4) is 0 Å². The molecule has 0 spiro atoms. The lowest BCUT2D eigenvalue weighted by molar-refractivity contribution is 0.286. The van der Waals surface area contributed by atoms with Crippen LogP contribution in [0.15, 0.2) is 29.8 Å². The van der Waals surface area contributed by atoms with E-state index in [0.717, 1.165) is 42.3 Å². The molecular formula is C13H17ClN2. The average molecular weight is 237 g/mol. The van der Waals surface area contributed by atoms with Crippen LogP contribution in [0.2, 0.25) is 5.02 Å². The first-order chi connectivity index (χ1) is 7.65. The lowest BCUT2D eigenvalue weighted by Crippen LogP contribution is -2.28. The summed E-state index contributed by atoms with van der Waals surface area (Å²) in [5.74, 6) is 0. The van der Waals surface area contributed by atoms with Gasteiger partial charge in [-0.15, -0.1) is 0 Å². The molecule has 0 fully saturated rings. The number of hydrogen-bond donors (Lipinski definition) is 1. The Bertz CT molecular complexity index is 412. The fourth-order valence-corrected chi connectivity index (χ4v) is 2.14. The first kappa shape index (κ1) is 11.5. The zero-order valence-electron chi connectivity index (χ0n) is 9.54. The largest absolute Gasteiger partial charge is 0.399 e. The molecule has 86 valence electrons. The van der Waals surface area contributed by atoms with E-state index in [9.17, 15) is 0 Å². The highest BCUT2D eigenvalue weighted by Gasteiger charge is 2.11. The van der Waals surface area contributed by atoms with Crippen LogP contribution in [0.4, 0.5) is 5.69 Å². The lowest BCUT2D eigenvalue weighted by Gasteiger charge is -2.25. The molecule has 16 heavy (non-hydrogen) atoms. The van der Waals surface area contributed by atoms with Crippen LogP contribution >= 0.6 is 11.6 Å². The minimum absolute atomic E-state index is 0.725. The molecule has 0 radical (unpaired) electrons. The van der Waals surface area contributed by atoms with Gasteiger partial charge in [-0.1, -0.05) is 29.3 Å². The van der Waals surface area contributed by atoms with Crippen molar-refractivity contribution < 1.29 is 0 Å². The average Bonchev–Trinajstić information content (AvgIpc) is 2.25. The Balaban J connectivity index is 2.04. The zero-order valence-corrected chi connectivity index (χ0v) is 10.3. The minimum Gasteiger partial charge on any atom is -0.399 e. The van der Waals surface area contributed by atoms with Gasteiger partial charge < -0.3 is 5.73 Å². The van der Waals surface area contributed by atoms with Gasteiger partial charge in [-0.3, -0.25) is 4.90 Å². The summed E-state index contributed by atoms with van der Waals surface area (Å²) in [5.41, 5.74) is 9.04. The van der Waals surface area contributed by atoms with Crippen molar-refractivity contribution in [3.8, 4) is 0 Å². The van der Waals surface area contributed by atoms with Crippen molar-refractivity contribution in [2.45, 2.75) is 19.9 Å². The molecule has 1 aromatic rings. The van der Waals surface area contributed by atoms with E-state index in [1.165, 1.54) is 5.57 Å². The first-order valence-corrected chi connectivity index (χ1v) is 5.95. The SMILES string of the molecule is CC1=CCN(Cc2ccc(N)cc2Cl)CC1. The molecular weight excluding hydrogens is 220 g/mol. The van der Waals surface area contributed by atoms with Crippen molar-refractivity contribution in [3.05, 3.63) is 40.4 Å². The predicted molar refractivity (Wildman–Crippen MR) is 69.5 cm³/mol. The molecule has 0 amide bonds. The number of benzene rings is 1. The molecule has 0 bridgehead atoms. The van der Waals surface area contributed by atoms with Crippen LogP contribution in [-0.2, 0) is 6.54 Å². The summed E-state index contributed by atoms with van der Waals surface area (Å²) < 4.78 is 0. The summed E-state index contributed by atoms with van der Waals surface area (Å²) in [6.45, 7) is 5.23. The predicted octanol–water partition coefficient (Wildman–Crippen LogP) is 3.07. The highest BCUT2D eigenvalue weighted by Crippen LogP contribution is 2.22. The second-order valence-electron chi connectivity index (χ2n) is 4.39. The molecule has 3 heteroatoms. The maximum atomic E-state index is 6.16. The van der Waals surface area contributed by atoms with Crippen molar-refractivity contribution in [1.29, 1.82) is 0 Å². The summed E-state index contributed by atoms with van der Waals surface area (Å²) in [4.78, 5) is 2.39. The van der Waals surface area contributed by atoms with Crippen molar-refractivity contribution in [2.24, 2.45) is 0 Å². The number of nitrogens with two attached hydrogens (primary N) is 1. The summed E-state index contributed by atoms with van der Waals surface area (Å²) in [6, 6.07) is 5.75. The van der Waals surface area contributed by atoms with E-state index in [1.807, 2.05) is 18.2 Å². The van der Waals surface area contributed by atoms with E-state index in [-0.39, 0.29) is 0 Å². The number of anilines is 1. The first-order valence-electron chi connectivity index (χ1n) is 5.57. The Morgan fingerprint density at radius 2 is 2.25 bits per heavy atom. The third kappa shape index (κ3) is 2.77. The van der Waals surface area contributed by atoms with Crippen molar-refractivity contribution in [2.75, 3.05) is 18.8 Å². The monoisotopic (exact) mass is 236 g/mol. The van der Waals surface area contributed by atoms with E-state index >= 15 is 0 Å². The van der Waals surface area contributed by atoms with Crippen molar-refractivity contribution in [1.82, 2.24) is 4.90 Å². The third-order valence-electron chi connectivity index (χ3n) is 2.99. The molecule has 1 aliphatic heterocycles. The second kappa shape index (κ2) is 4.89. The maximum Gasteiger partial charge on any atom is 0.0471 e. The van der Waals surface area contributed by atoms with Crippen molar-refractivity contribution in [3.63, 3.8) is 0 Å². The maximum absolute atomic E-state index is 6.16. The van der Waals surface area contributed by atoms with Gasteiger partial charge in [0, 0.05) is 30.3 Å². The standard InChI is InChI=1S/C13H17ClN2/c1-10-4-6-16(7-5-10)9-11-2-3-12(15)8-13(11)14/h2-4,8H,5-7,9,15H2,1H3. The molecule has 0 aliphatic carbocycles. The number of nitrogens with zero attached hydrogens (tertiary/aromatic N) is 1. The summed E-state index contributed by atoms with van der Waals surface area (Å²) in [5, 5.41) is 0.770. The smallest absolute Gasteiger partial charge is 0.0471 e. The summed E-state index contributed by atoms with van der Waals surface area (Å²) in [6.07, 6.45) is 3.45. The van der Waals surface area contributed by atoms with Gasteiger partial charge in [-0.25, -0.2) is 0 Å². The Hall–Kier alpha value is -0.990. The second-order valence-corrected chi connectivity index (χ2v) is 4.79. The molecule has 2 N–H and O–H groups in total. The van der Waals surface area contributed by atoms with Crippen LogP contribution in [0.25, 0.3) is 0 Å². The molecule has 1 heterocycles. The van der Waals surface area contributed by atoms with Gasteiger partial charge in [0.1, 0.15) is 0 Å². The third-order valence-corrected chi connectivity index (χ3v) is 3.34. The van der Waals surface area contributed by atoms with Gasteiger partial charge in [0.25, 0.3) is 0 Å². The molecule has 2 rings (SSSR count).